The first-order valence-electron chi connectivity index (χ1n) is 10.1. The molecule has 3 N–H and O–H groups in total. The standard InChI is InChI=1S/C21H26N6O2/c1-21(2,28)18-12-26(25-24-18)13-19-23-17-11-22-16-6-4-3-5-15(16)20(17)27(19)14-7-9-29-10-8-14/h3-6,11-12,14,24-25,28H,7-10,13H2,1-2H3. The van der Waals surface area contributed by atoms with Crippen molar-refractivity contribution in [3.63, 3.8) is 0 Å². The fourth-order valence-corrected chi connectivity index (χ4v) is 4.12. The molecule has 0 saturated carbocycles. The molecule has 3 aromatic rings. The highest BCUT2D eigenvalue weighted by Crippen LogP contribution is 2.32. The number of hydrogen-bond donors (Lipinski definition) is 3. The number of nitrogens with zero attached hydrogens (tertiary/aromatic N) is 4. The van der Waals surface area contributed by atoms with Crippen molar-refractivity contribution in [2.75, 3.05) is 13.2 Å². The molecule has 29 heavy (non-hydrogen) atoms. The monoisotopic (exact) mass is 394 g/mol. The molecule has 0 amide bonds. The second-order valence-electron chi connectivity index (χ2n) is 8.22. The second-order valence-corrected chi connectivity index (χ2v) is 8.22. The smallest absolute Gasteiger partial charge is 0.131 e. The number of aliphatic hydroxyl groups is 1. The molecular formula is C21H26N6O2. The Morgan fingerprint density at radius 1 is 1.21 bits per heavy atom. The minimum absolute atomic E-state index is 0.336. The lowest BCUT2D eigenvalue weighted by molar-refractivity contribution is 0.0692. The van der Waals surface area contributed by atoms with Crippen molar-refractivity contribution in [1.29, 1.82) is 0 Å². The average Bonchev–Trinajstić information content (AvgIpc) is 3.33. The van der Waals surface area contributed by atoms with Gasteiger partial charge in [-0.2, -0.15) is 0 Å². The molecule has 8 nitrogen and oxygen atoms in total. The van der Waals surface area contributed by atoms with Gasteiger partial charge in [0.25, 0.3) is 0 Å². The Balaban J connectivity index is 1.61. The van der Waals surface area contributed by atoms with Gasteiger partial charge in [0.15, 0.2) is 0 Å². The zero-order valence-electron chi connectivity index (χ0n) is 16.7. The fraction of sp³-hybridized carbons (Fsp3) is 0.429. The van der Waals surface area contributed by atoms with E-state index in [1.165, 1.54) is 0 Å². The van der Waals surface area contributed by atoms with E-state index in [1.54, 1.807) is 13.8 Å². The molecule has 1 saturated heterocycles. The molecule has 0 bridgehead atoms. The van der Waals surface area contributed by atoms with E-state index in [0.717, 1.165) is 59.5 Å². The first kappa shape index (κ1) is 18.4. The van der Waals surface area contributed by atoms with Crippen LogP contribution < -0.4 is 11.0 Å². The zero-order valence-corrected chi connectivity index (χ0v) is 16.7. The van der Waals surface area contributed by atoms with Crippen molar-refractivity contribution in [2.45, 2.75) is 44.9 Å². The highest BCUT2D eigenvalue weighted by atomic mass is 16.5. The van der Waals surface area contributed by atoms with E-state index >= 15 is 0 Å². The lowest BCUT2D eigenvalue weighted by Gasteiger charge is -2.27. The van der Waals surface area contributed by atoms with E-state index < -0.39 is 5.60 Å². The maximum absolute atomic E-state index is 10.3. The van der Waals surface area contributed by atoms with Crippen LogP contribution in [0.2, 0.25) is 0 Å². The number of rotatable bonds is 4. The molecule has 0 radical (unpaired) electrons. The minimum atomic E-state index is -0.942. The number of para-hydroxylation sites is 1. The molecule has 1 fully saturated rings. The fourth-order valence-electron chi connectivity index (χ4n) is 4.12. The normalized spacial score (nSPS) is 18.4. The van der Waals surface area contributed by atoms with Gasteiger partial charge in [-0.3, -0.25) is 9.99 Å². The van der Waals surface area contributed by atoms with Crippen LogP contribution in [0.15, 0.2) is 42.4 Å². The molecule has 8 heteroatoms. The van der Waals surface area contributed by atoms with Gasteiger partial charge in [0.05, 0.1) is 29.5 Å². The van der Waals surface area contributed by atoms with Crippen LogP contribution in [0, 0.1) is 0 Å². The van der Waals surface area contributed by atoms with Crippen LogP contribution >= 0.6 is 0 Å². The van der Waals surface area contributed by atoms with Gasteiger partial charge in [0.1, 0.15) is 16.9 Å². The van der Waals surface area contributed by atoms with Crippen molar-refractivity contribution in [1.82, 2.24) is 30.5 Å². The molecule has 2 aliphatic heterocycles. The molecule has 0 unspecified atom stereocenters. The largest absolute Gasteiger partial charge is 0.384 e. The number of aromatic nitrogens is 3. The van der Waals surface area contributed by atoms with Crippen molar-refractivity contribution >= 4 is 21.9 Å². The third kappa shape index (κ3) is 3.33. The third-order valence-corrected chi connectivity index (χ3v) is 5.64. The van der Waals surface area contributed by atoms with Gasteiger partial charge in [-0.1, -0.05) is 18.2 Å². The van der Waals surface area contributed by atoms with Crippen LogP contribution in [0.4, 0.5) is 0 Å². The van der Waals surface area contributed by atoms with Gasteiger partial charge in [0.2, 0.25) is 0 Å². The Morgan fingerprint density at radius 3 is 2.76 bits per heavy atom. The molecule has 4 heterocycles. The number of hydrazine groups is 2. The first-order chi connectivity index (χ1) is 14.0. The predicted octanol–water partition coefficient (Wildman–Crippen LogP) is 2.37. The summed E-state index contributed by atoms with van der Waals surface area (Å²) in [6, 6.07) is 8.56. The van der Waals surface area contributed by atoms with E-state index in [2.05, 4.69) is 32.6 Å². The Bertz CT molecular complexity index is 1080. The average molecular weight is 394 g/mol. The summed E-state index contributed by atoms with van der Waals surface area (Å²) in [6.07, 6.45) is 5.69. The number of benzene rings is 1. The summed E-state index contributed by atoms with van der Waals surface area (Å²) < 4.78 is 7.98. The van der Waals surface area contributed by atoms with E-state index in [9.17, 15) is 5.11 Å². The molecule has 1 aromatic carbocycles. The quantitative estimate of drug-likeness (QED) is 0.626. The summed E-state index contributed by atoms with van der Waals surface area (Å²) in [7, 11) is 0. The van der Waals surface area contributed by atoms with Crippen LogP contribution in [0.5, 0.6) is 0 Å². The maximum Gasteiger partial charge on any atom is 0.131 e. The second kappa shape index (κ2) is 6.98. The van der Waals surface area contributed by atoms with E-state index in [0.29, 0.717) is 12.6 Å². The first-order valence-corrected chi connectivity index (χ1v) is 10.1. The van der Waals surface area contributed by atoms with Gasteiger partial charge in [0, 0.05) is 30.8 Å². The van der Waals surface area contributed by atoms with Crippen molar-refractivity contribution in [2.24, 2.45) is 0 Å². The van der Waals surface area contributed by atoms with Crippen molar-refractivity contribution in [3.8, 4) is 0 Å². The summed E-state index contributed by atoms with van der Waals surface area (Å²) in [4.78, 5) is 9.55. The third-order valence-electron chi connectivity index (χ3n) is 5.64. The molecule has 0 atom stereocenters. The van der Waals surface area contributed by atoms with Crippen molar-refractivity contribution in [3.05, 3.63) is 48.2 Å². The van der Waals surface area contributed by atoms with Gasteiger partial charge in [-0.05, 0) is 32.8 Å². The lowest BCUT2D eigenvalue weighted by atomic mass is 10.1. The number of hydrogen-bond acceptors (Lipinski definition) is 7. The summed E-state index contributed by atoms with van der Waals surface area (Å²) in [5.74, 6) is 0.965. The molecule has 0 aliphatic carbocycles. The summed E-state index contributed by atoms with van der Waals surface area (Å²) >= 11 is 0. The van der Waals surface area contributed by atoms with Gasteiger partial charge in [-0.15, -0.1) is 5.53 Å². The zero-order chi connectivity index (χ0) is 20.0. The number of pyridine rings is 1. The maximum atomic E-state index is 10.3. The number of imidazole rings is 1. The minimum Gasteiger partial charge on any atom is -0.384 e. The lowest BCUT2D eigenvalue weighted by Crippen LogP contribution is -2.40. The van der Waals surface area contributed by atoms with Crippen molar-refractivity contribution < 1.29 is 9.84 Å². The van der Waals surface area contributed by atoms with E-state index in [4.69, 9.17) is 9.72 Å². The predicted molar refractivity (Wildman–Crippen MR) is 110 cm³/mol. The summed E-state index contributed by atoms with van der Waals surface area (Å²) in [5.41, 5.74) is 8.96. The molecule has 2 aliphatic rings. The Morgan fingerprint density at radius 2 is 2.00 bits per heavy atom. The van der Waals surface area contributed by atoms with Crippen LogP contribution in [-0.2, 0) is 11.3 Å². The topological polar surface area (TPSA) is 87.5 Å². The molecule has 2 aromatic heterocycles. The Hall–Kier alpha value is -2.68. The summed E-state index contributed by atoms with van der Waals surface area (Å²) in [6.45, 7) is 5.60. The van der Waals surface area contributed by atoms with Gasteiger partial charge >= 0.3 is 0 Å². The molecule has 152 valence electrons. The number of fused-ring (bicyclic) bond motifs is 3. The Labute approximate surface area is 169 Å². The van der Waals surface area contributed by atoms with E-state index in [-0.39, 0.29) is 0 Å². The molecular weight excluding hydrogens is 368 g/mol. The van der Waals surface area contributed by atoms with Crippen LogP contribution in [0.25, 0.3) is 21.9 Å². The molecule has 0 spiro atoms. The van der Waals surface area contributed by atoms with E-state index in [1.807, 2.05) is 29.5 Å². The highest BCUT2D eigenvalue weighted by molar-refractivity contribution is 6.02. The SMILES string of the molecule is CC(C)(O)C1=CN(Cc2nc3cnc4ccccc4c3n2C2CCOCC2)NN1. The number of nitrogens with one attached hydrogen (secondary N) is 2. The number of ether oxygens (including phenoxy) is 1. The van der Waals surface area contributed by atoms with Crippen LogP contribution in [0.1, 0.15) is 38.6 Å². The van der Waals surface area contributed by atoms with Gasteiger partial charge in [-0.25, -0.2) is 4.98 Å². The van der Waals surface area contributed by atoms with Crippen LogP contribution in [-0.4, -0.2) is 43.5 Å². The Kier molecular flexibility index (Phi) is 4.42. The summed E-state index contributed by atoms with van der Waals surface area (Å²) in [5, 5.41) is 13.3. The highest BCUT2D eigenvalue weighted by Gasteiger charge is 2.28. The molecule has 5 rings (SSSR count). The van der Waals surface area contributed by atoms with Gasteiger partial charge < -0.3 is 19.8 Å². The van der Waals surface area contributed by atoms with Crippen LogP contribution in [0.3, 0.4) is 0 Å².